The van der Waals surface area contributed by atoms with E-state index in [0.29, 0.717) is 43.5 Å². The molecule has 11 heteroatoms. The Morgan fingerprint density at radius 1 is 0.824 bits per heavy atom. The van der Waals surface area contributed by atoms with Crippen LogP contribution in [0.15, 0.2) is 67.0 Å². The lowest BCUT2D eigenvalue weighted by atomic mass is 10.1. The number of amides is 3. The first kappa shape index (κ1) is 23.0. The number of halogens is 3. The monoisotopic (exact) mass is 470 g/mol. The molecule has 3 aromatic rings. The van der Waals surface area contributed by atoms with E-state index in [0.717, 1.165) is 24.3 Å². The van der Waals surface area contributed by atoms with Crippen molar-refractivity contribution in [2.24, 2.45) is 0 Å². The fraction of sp³-hybridized carbons (Fsp3) is 0.217. The number of hydrogen-bond acceptors (Lipinski definition) is 5. The van der Waals surface area contributed by atoms with Gasteiger partial charge in [-0.3, -0.25) is 4.79 Å². The second kappa shape index (κ2) is 9.77. The highest BCUT2D eigenvalue weighted by Crippen LogP contribution is 2.29. The summed E-state index contributed by atoms with van der Waals surface area (Å²) in [6.07, 6.45) is -1.13. The molecule has 4 rings (SSSR count). The van der Waals surface area contributed by atoms with E-state index in [4.69, 9.17) is 0 Å². The summed E-state index contributed by atoms with van der Waals surface area (Å²) in [5.74, 6) is 0.0653. The maximum Gasteiger partial charge on any atom is 0.416 e. The number of hydrogen-bond donors (Lipinski definition) is 2. The molecule has 3 amide bonds. The molecule has 2 aromatic carbocycles. The third-order valence-corrected chi connectivity index (χ3v) is 5.25. The number of rotatable bonds is 4. The van der Waals surface area contributed by atoms with Gasteiger partial charge in [-0.2, -0.15) is 13.2 Å². The number of anilines is 3. The molecule has 0 radical (unpaired) electrons. The van der Waals surface area contributed by atoms with Crippen LogP contribution in [-0.4, -0.2) is 53.0 Å². The second-order valence-corrected chi connectivity index (χ2v) is 7.56. The number of nitrogens with zero attached hydrogens (tertiary/aromatic N) is 4. The molecule has 2 heterocycles. The van der Waals surface area contributed by atoms with Gasteiger partial charge in [0.2, 0.25) is 5.95 Å². The van der Waals surface area contributed by atoms with Crippen LogP contribution in [-0.2, 0) is 6.18 Å². The number of carbonyl (C=O) groups is 2. The standard InChI is InChI=1S/C23H21F3N6O2/c24-23(25,26)17-7-5-16(6-8-17)20(33)29-18-3-1-4-19(15-18)30-22(34)32-13-11-31(12-14-32)21-27-9-2-10-28-21/h1-10,15H,11-14H2,(H,29,33)(H,30,34). The Morgan fingerprint density at radius 2 is 1.44 bits per heavy atom. The highest BCUT2D eigenvalue weighted by atomic mass is 19.4. The predicted molar refractivity (Wildman–Crippen MR) is 121 cm³/mol. The molecule has 0 atom stereocenters. The topological polar surface area (TPSA) is 90.5 Å². The Balaban J connectivity index is 1.33. The summed E-state index contributed by atoms with van der Waals surface area (Å²) in [6.45, 7) is 2.18. The minimum absolute atomic E-state index is 0.0858. The van der Waals surface area contributed by atoms with E-state index in [1.165, 1.54) is 0 Å². The molecule has 1 saturated heterocycles. The first-order chi connectivity index (χ1) is 16.3. The van der Waals surface area contributed by atoms with Crippen molar-refractivity contribution < 1.29 is 22.8 Å². The fourth-order valence-corrected chi connectivity index (χ4v) is 3.46. The second-order valence-electron chi connectivity index (χ2n) is 7.56. The number of carbonyl (C=O) groups excluding carboxylic acids is 2. The van der Waals surface area contributed by atoms with E-state index in [2.05, 4.69) is 20.6 Å². The number of nitrogens with one attached hydrogen (secondary N) is 2. The molecule has 176 valence electrons. The van der Waals surface area contributed by atoms with Crippen LogP contribution in [0.1, 0.15) is 15.9 Å². The quantitative estimate of drug-likeness (QED) is 0.599. The zero-order valence-electron chi connectivity index (χ0n) is 17.9. The van der Waals surface area contributed by atoms with Crippen LogP contribution in [0.3, 0.4) is 0 Å². The Morgan fingerprint density at radius 3 is 2.06 bits per heavy atom. The molecule has 0 spiro atoms. The number of piperazine rings is 1. The fourth-order valence-electron chi connectivity index (χ4n) is 3.46. The maximum absolute atomic E-state index is 12.7. The van der Waals surface area contributed by atoms with Gasteiger partial charge in [0.05, 0.1) is 5.56 Å². The van der Waals surface area contributed by atoms with E-state index in [1.807, 2.05) is 4.90 Å². The molecule has 0 bridgehead atoms. The highest BCUT2D eigenvalue weighted by Gasteiger charge is 2.30. The van der Waals surface area contributed by atoms with Crippen molar-refractivity contribution in [3.63, 3.8) is 0 Å². The van der Waals surface area contributed by atoms with Crippen molar-refractivity contribution in [2.75, 3.05) is 41.7 Å². The lowest BCUT2D eigenvalue weighted by Crippen LogP contribution is -2.50. The summed E-state index contributed by atoms with van der Waals surface area (Å²) >= 11 is 0. The van der Waals surface area contributed by atoms with E-state index in [1.54, 1.807) is 47.6 Å². The maximum atomic E-state index is 12.7. The molecular weight excluding hydrogens is 449 g/mol. The minimum atomic E-state index is -4.47. The lowest BCUT2D eigenvalue weighted by molar-refractivity contribution is -0.137. The van der Waals surface area contributed by atoms with Crippen LogP contribution in [0, 0.1) is 0 Å². The third kappa shape index (κ3) is 5.61. The molecule has 0 unspecified atom stereocenters. The van der Waals surface area contributed by atoms with Crippen molar-refractivity contribution in [2.45, 2.75) is 6.18 Å². The number of benzene rings is 2. The summed E-state index contributed by atoms with van der Waals surface area (Å²) in [5, 5.41) is 5.43. The van der Waals surface area contributed by atoms with Gasteiger partial charge in [-0.25, -0.2) is 14.8 Å². The smallest absolute Gasteiger partial charge is 0.337 e. The Kier molecular flexibility index (Phi) is 6.62. The van der Waals surface area contributed by atoms with Crippen LogP contribution in [0.2, 0.25) is 0 Å². The first-order valence-corrected chi connectivity index (χ1v) is 10.5. The molecule has 1 fully saturated rings. The normalized spacial score (nSPS) is 14.0. The summed E-state index contributed by atoms with van der Waals surface area (Å²) in [7, 11) is 0. The van der Waals surface area contributed by atoms with Gasteiger partial charge in [0, 0.05) is 55.5 Å². The molecule has 1 aromatic heterocycles. The SMILES string of the molecule is O=C(Nc1cccc(NC(=O)N2CCN(c3ncccn3)CC2)c1)c1ccc(C(F)(F)F)cc1. The Labute approximate surface area is 193 Å². The van der Waals surface area contributed by atoms with Gasteiger partial charge in [0.1, 0.15) is 0 Å². The zero-order valence-corrected chi connectivity index (χ0v) is 17.9. The summed E-state index contributed by atoms with van der Waals surface area (Å²) in [4.78, 5) is 37.2. The summed E-state index contributed by atoms with van der Waals surface area (Å²) < 4.78 is 38.1. The van der Waals surface area contributed by atoms with E-state index < -0.39 is 17.6 Å². The van der Waals surface area contributed by atoms with Crippen molar-refractivity contribution >= 4 is 29.3 Å². The molecule has 1 aliphatic heterocycles. The summed E-state index contributed by atoms with van der Waals surface area (Å²) in [6, 6.07) is 11.9. The van der Waals surface area contributed by atoms with Gasteiger partial charge in [-0.05, 0) is 48.5 Å². The number of urea groups is 1. The van der Waals surface area contributed by atoms with Gasteiger partial charge in [-0.15, -0.1) is 0 Å². The van der Waals surface area contributed by atoms with Crippen molar-refractivity contribution in [3.05, 3.63) is 78.1 Å². The van der Waals surface area contributed by atoms with Crippen LogP contribution in [0.25, 0.3) is 0 Å². The van der Waals surface area contributed by atoms with Gasteiger partial charge < -0.3 is 20.4 Å². The van der Waals surface area contributed by atoms with Crippen LogP contribution >= 0.6 is 0 Å². The molecule has 1 aliphatic rings. The predicted octanol–water partition coefficient (Wildman–Crippen LogP) is 4.10. The molecule has 0 aliphatic carbocycles. The minimum Gasteiger partial charge on any atom is -0.337 e. The van der Waals surface area contributed by atoms with E-state index in [-0.39, 0.29) is 11.6 Å². The van der Waals surface area contributed by atoms with Crippen LogP contribution in [0.4, 0.5) is 35.3 Å². The number of alkyl halides is 3. The van der Waals surface area contributed by atoms with Gasteiger partial charge in [0.25, 0.3) is 5.91 Å². The molecule has 0 saturated carbocycles. The summed E-state index contributed by atoms with van der Waals surface area (Å²) in [5.41, 5.74) is 0.131. The highest BCUT2D eigenvalue weighted by molar-refractivity contribution is 6.04. The number of aromatic nitrogens is 2. The van der Waals surface area contributed by atoms with Crippen LogP contribution in [0.5, 0.6) is 0 Å². The molecule has 8 nitrogen and oxygen atoms in total. The Bertz CT molecular complexity index is 1150. The van der Waals surface area contributed by atoms with E-state index >= 15 is 0 Å². The molecular formula is C23H21F3N6O2. The third-order valence-electron chi connectivity index (χ3n) is 5.25. The largest absolute Gasteiger partial charge is 0.416 e. The van der Waals surface area contributed by atoms with Gasteiger partial charge in [0.15, 0.2) is 0 Å². The average Bonchev–Trinajstić information content (AvgIpc) is 2.84. The first-order valence-electron chi connectivity index (χ1n) is 10.5. The van der Waals surface area contributed by atoms with Gasteiger partial charge >= 0.3 is 12.2 Å². The van der Waals surface area contributed by atoms with Crippen LogP contribution < -0.4 is 15.5 Å². The molecule has 34 heavy (non-hydrogen) atoms. The Hall–Kier alpha value is -4.15. The lowest BCUT2D eigenvalue weighted by Gasteiger charge is -2.34. The van der Waals surface area contributed by atoms with Gasteiger partial charge in [-0.1, -0.05) is 6.07 Å². The average molecular weight is 470 g/mol. The molecule has 2 N–H and O–H groups in total. The van der Waals surface area contributed by atoms with Crippen molar-refractivity contribution in [1.29, 1.82) is 0 Å². The van der Waals surface area contributed by atoms with E-state index in [9.17, 15) is 22.8 Å². The van der Waals surface area contributed by atoms with Crippen molar-refractivity contribution in [3.8, 4) is 0 Å². The van der Waals surface area contributed by atoms with Crippen molar-refractivity contribution in [1.82, 2.24) is 14.9 Å². The zero-order chi connectivity index (χ0) is 24.1.